The number of carbonyl (C=O) groups is 2. The second-order valence-corrected chi connectivity index (χ2v) is 7.16. The van der Waals surface area contributed by atoms with E-state index in [2.05, 4.69) is 36.1 Å². The lowest BCUT2D eigenvalue weighted by atomic mass is 10.2. The molecule has 4 N–H and O–H groups in total. The summed E-state index contributed by atoms with van der Waals surface area (Å²) in [6.45, 7) is 2.66. The lowest BCUT2D eigenvalue weighted by Crippen LogP contribution is -2.50. The normalized spacial score (nSPS) is 13.7. The van der Waals surface area contributed by atoms with E-state index in [0.29, 0.717) is 35.4 Å². The molecule has 30 heavy (non-hydrogen) atoms. The van der Waals surface area contributed by atoms with Crippen LogP contribution in [0.2, 0.25) is 5.02 Å². The molecule has 10 nitrogen and oxygen atoms in total. The van der Waals surface area contributed by atoms with Crippen LogP contribution < -0.4 is 16.0 Å². The van der Waals surface area contributed by atoms with Gasteiger partial charge in [-0.3, -0.25) is 14.7 Å². The highest BCUT2D eigenvalue weighted by molar-refractivity contribution is 6.30. The van der Waals surface area contributed by atoms with Crippen molar-refractivity contribution < 1.29 is 9.59 Å². The molecule has 0 saturated carbocycles. The molecule has 1 aromatic carbocycles. The first-order valence-electron chi connectivity index (χ1n) is 9.22. The number of carbonyl (C=O) groups excluding carboxylic acids is 2. The van der Waals surface area contributed by atoms with E-state index in [1.165, 1.54) is 11.1 Å². The van der Waals surface area contributed by atoms with Gasteiger partial charge in [0.05, 0.1) is 12.7 Å². The van der Waals surface area contributed by atoms with Gasteiger partial charge < -0.3 is 20.9 Å². The fourth-order valence-electron chi connectivity index (χ4n) is 2.94. The van der Waals surface area contributed by atoms with Crippen LogP contribution in [0.15, 0.2) is 36.5 Å². The van der Waals surface area contributed by atoms with Crippen LogP contribution in [-0.4, -0.2) is 56.5 Å². The molecular weight excluding hydrogens is 408 g/mol. The van der Waals surface area contributed by atoms with E-state index >= 15 is 0 Å². The smallest absolute Gasteiger partial charge is 0.276 e. The Morgan fingerprint density at radius 2 is 2.00 bits per heavy atom. The Balaban J connectivity index is 1.65. The molecule has 1 aliphatic rings. The van der Waals surface area contributed by atoms with E-state index in [0.717, 1.165) is 5.69 Å². The Morgan fingerprint density at radius 1 is 1.20 bits per heavy atom. The summed E-state index contributed by atoms with van der Waals surface area (Å²) >= 11 is 5.95. The van der Waals surface area contributed by atoms with Crippen molar-refractivity contribution in [2.24, 2.45) is 0 Å². The number of H-pyrrole nitrogens is 1. The maximum atomic E-state index is 13.0. The molecule has 154 valence electrons. The van der Waals surface area contributed by atoms with Gasteiger partial charge in [-0.2, -0.15) is 5.10 Å². The summed E-state index contributed by atoms with van der Waals surface area (Å²) in [6.07, 6.45) is 1.45. The minimum atomic E-state index is -0.379. The summed E-state index contributed by atoms with van der Waals surface area (Å²) in [4.78, 5) is 35.0. The zero-order valence-electron chi connectivity index (χ0n) is 16.1. The summed E-state index contributed by atoms with van der Waals surface area (Å²) in [5.74, 6) is 0.653. The molecule has 3 heterocycles. The Hall–Kier alpha value is -3.66. The summed E-state index contributed by atoms with van der Waals surface area (Å²) < 4.78 is 0. The van der Waals surface area contributed by atoms with Crippen LogP contribution >= 0.6 is 11.6 Å². The Bertz CT molecular complexity index is 1080. The van der Waals surface area contributed by atoms with E-state index in [1.54, 1.807) is 24.3 Å². The van der Waals surface area contributed by atoms with Crippen molar-refractivity contribution in [3.63, 3.8) is 0 Å². The predicted octanol–water partition coefficient (Wildman–Crippen LogP) is 2.22. The molecule has 0 bridgehead atoms. The lowest BCUT2D eigenvalue weighted by molar-refractivity contribution is -0.123. The number of anilines is 4. The predicted molar refractivity (Wildman–Crippen MR) is 112 cm³/mol. The number of halogens is 1. The number of hydrogen-bond acceptors (Lipinski definition) is 7. The third-order valence-electron chi connectivity index (χ3n) is 4.37. The average Bonchev–Trinajstić information content (AvgIpc) is 3.14. The summed E-state index contributed by atoms with van der Waals surface area (Å²) in [5, 5.41) is 16.4. The highest BCUT2D eigenvalue weighted by Gasteiger charge is 2.26. The number of amides is 2. The Morgan fingerprint density at radius 3 is 2.70 bits per heavy atom. The van der Waals surface area contributed by atoms with Gasteiger partial charge in [-0.15, -0.1) is 0 Å². The van der Waals surface area contributed by atoms with Gasteiger partial charge in [0, 0.05) is 35.6 Å². The SMILES string of the molecule is Cc1cc(Nc2cnc(C(=O)N3CCNC(=O)C3)c(Nc3ccc(Cl)cc3)n2)n[nH]1. The molecule has 0 atom stereocenters. The fraction of sp³-hybridized carbons (Fsp3) is 0.211. The molecule has 4 rings (SSSR count). The Kier molecular flexibility index (Phi) is 5.48. The van der Waals surface area contributed by atoms with Crippen LogP contribution in [-0.2, 0) is 4.79 Å². The summed E-state index contributed by atoms with van der Waals surface area (Å²) in [5.41, 5.74) is 1.69. The molecular formula is C19H19ClN8O2. The molecule has 1 aliphatic heterocycles. The molecule has 3 aromatic rings. The van der Waals surface area contributed by atoms with Crippen LogP contribution in [0.1, 0.15) is 16.2 Å². The third kappa shape index (κ3) is 4.49. The van der Waals surface area contributed by atoms with Crippen molar-refractivity contribution in [2.75, 3.05) is 30.3 Å². The molecule has 0 spiro atoms. The number of aromatic amines is 1. The highest BCUT2D eigenvalue weighted by atomic mass is 35.5. The van der Waals surface area contributed by atoms with Crippen LogP contribution in [0.3, 0.4) is 0 Å². The van der Waals surface area contributed by atoms with E-state index in [9.17, 15) is 9.59 Å². The standard InChI is InChI=1S/C19H19ClN8O2/c1-11-8-14(27-26-11)24-15-9-22-17(19(30)28-7-6-21-16(29)10-28)18(25-15)23-13-4-2-12(20)3-5-13/h2-5,8-9H,6-7,10H2,1H3,(H,21,29)(H3,23,24,25,26,27). The van der Waals surface area contributed by atoms with Crippen molar-refractivity contribution in [3.05, 3.63) is 52.9 Å². The number of rotatable bonds is 5. The number of piperazine rings is 1. The minimum absolute atomic E-state index is 0.0204. The van der Waals surface area contributed by atoms with E-state index in [1.807, 2.05) is 13.0 Å². The number of nitrogens with zero attached hydrogens (tertiary/aromatic N) is 4. The fourth-order valence-corrected chi connectivity index (χ4v) is 3.06. The summed E-state index contributed by atoms with van der Waals surface area (Å²) in [7, 11) is 0. The van der Waals surface area contributed by atoms with Crippen LogP contribution in [0, 0.1) is 6.92 Å². The van der Waals surface area contributed by atoms with Gasteiger partial charge in [0.1, 0.15) is 0 Å². The lowest BCUT2D eigenvalue weighted by Gasteiger charge is -2.26. The van der Waals surface area contributed by atoms with Crippen molar-refractivity contribution in [2.45, 2.75) is 6.92 Å². The second-order valence-electron chi connectivity index (χ2n) is 6.72. The van der Waals surface area contributed by atoms with Crippen molar-refractivity contribution in [3.8, 4) is 0 Å². The summed E-state index contributed by atoms with van der Waals surface area (Å²) in [6, 6.07) is 8.80. The largest absolute Gasteiger partial charge is 0.353 e. The first-order chi connectivity index (χ1) is 14.5. The quantitative estimate of drug-likeness (QED) is 0.492. The monoisotopic (exact) mass is 426 g/mol. The second kappa shape index (κ2) is 8.37. The molecule has 1 saturated heterocycles. The molecule has 2 aromatic heterocycles. The maximum Gasteiger partial charge on any atom is 0.276 e. The number of hydrogen-bond donors (Lipinski definition) is 4. The third-order valence-corrected chi connectivity index (χ3v) is 4.62. The molecule has 11 heteroatoms. The maximum absolute atomic E-state index is 13.0. The molecule has 2 amide bonds. The highest BCUT2D eigenvalue weighted by Crippen LogP contribution is 2.23. The molecule has 0 unspecified atom stereocenters. The van der Waals surface area contributed by atoms with Gasteiger partial charge in [-0.25, -0.2) is 9.97 Å². The van der Waals surface area contributed by atoms with Crippen LogP contribution in [0.5, 0.6) is 0 Å². The molecule has 0 aliphatic carbocycles. The van der Waals surface area contributed by atoms with Gasteiger partial charge in [0.25, 0.3) is 5.91 Å². The van der Waals surface area contributed by atoms with Crippen LogP contribution in [0.25, 0.3) is 0 Å². The van der Waals surface area contributed by atoms with Gasteiger partial charge in [-0.05, 0) is 31.2 Å². The topological polar surface area (TPSA) is 128 Å². The zero-order valence-corrected chi connectivity index (χ0v) is 16.8. The van der Waals surface area contributed by atoms with Gasteiger partial charge >= 0.3 is 0 Å². The van der Waals surface area contributed by atoms with Gasteiger partial charge in [-0.1, -0.05) is 11.6 Å². The van der Waals surface area contributed by atoms with Crippen LogP contribution in [0.4, 0.5) is 23.1 Å². The minimum Gasteiger partial charge on any atom is -0.353 e. The molecule has 0 radical (unpaired) electrons. The van der Waals surface area contributed by atoms with Crippen molar-refractivity contribution in [1.82, 2.24) is 30.4 Å². The van der Waals surface area contributed by atoms with E-state index < -0.39 is 0 Å². The van der Waals surface area contributed by atoms with E-state index in [4.69, 9.17) is 11.6 Å². The number of aryl methyl sites for hydroxylation is 1. The first kappa shape index (κ1) is 19.6. The number of nitrogens with one attached hydrogen (secondary N) is 4. The molecule has 1 fully saturated rings. The number of aromatic nitrogens is 4. The van der Waals surface area contributed by atoms with Crippen molar-refractivity contribution in [1.29, 1.82) is 0 Å². The number of benzene rings is 1. The average molecular weight is 427 g/mol. The van der Waals surface area contributed by atoms with Crippen molar-refractivity contribution >= 4 is 46.6 Å². The first-order valence-corrected chi connectivity index (χ1v) is 9.60. The van der Waals surface area contributed by atoms with E-state index in [-0.39, 0.29) is 29.9 Å². The van der Waals surface area contributed by atoms with Gasteiger partial charge in [0.2, 0.25) is 5.91 Å². The zero-order chi connectivity index (χ0) is 21.1. The van der Waals surface area contributed by atoms with Gasteiger partial charge in [0.15, 0.2) is 23.1 Å². The Labute approximate surface area is 177 Å².